The lowest BCUT2D eigenvalue weighted by atomic mass is 9.82. The number of carbonyl (C=O) groups excluding carboxylic acids is 3. The number of piperidine rings is 1. The van der Waals surface area contributed by atoms with E-state index in [1.54, 1.807) is 48.2 Å². The molecule has 1 spiro atoms. The van der Waals surface area contributed by atoms with Crippen LogP contribution in [-0.2, 0) is 4.74 Å². The third-order valence-corrected chi connectivity index (χ3v) is 6.14. The highest BCUT2D eigenvalue weighted by Crippen LogP contribution is 2.44. The van der Waals surface area contributed by atoms with Crippen LogP contribution >= 0.6 is 23.2 Å². The first kappa shape index (κ1) is 22.4. The molecule has 0 aromatic heterocycles. The highest BCUT2D eigenvalue weighted by Gasteiger charge is 2.44. The summed E-state index contributed by atoms with van der Waals surface area (Å²) in [7, 11) is 0. The lowest BCUT2D eigenvalue weighted by Crippen LogP contribution is -2.52. The number of benzene rings is 2. The van der Waals surface area contributed by atoms with E-state index in [9.17, 15) is 14.4 Å². The summed E-state index contributed by atoms with van der Waals surface area (Å²) in [5.41, 5.74) is 0.188. The fourth-order valence-electron chi connectivity index (χ4n) is 4.00. The van der Waals surface area contributed by atoms with Gasteiger partial charge in [-0.2, -0.15) is 0 Å². The second kappa shape index (κ2) is 9.00. The van der Waals surface area contributed by atoms with E-state index >= 15 is 0 Å². The zero-order chi connectivity index (χ0) is 22.9. The molecule has 1 saturated heterocycles. The average Bonchev–Trinajstić information content (AvgIpc) is 2.76. The Morgan fingerprint density at radius 3 is 2.47 bits per heavy atom. The van der Waals surface area contributed by atoms with E-state index in [0.717, 1.165) is 0 Å². The summed E-state index contributed by atoms with van der Waals surface area (Å²) in [5.74, 6) is 0.453. The van der Waals surface area contributed by atoms with Gasteiger partial charge in [0.2, 0.25) is 0 Å². The molecule has 0 unspecified atom stereocenters. The Hall–Kier alpha value is -2.77. The third-order valence-electron chi connectivity index (χ3n) is 5.64. The molecular formula is C23H21Cl2NO6. The first-order chi connectivity index (χ1) is 15.3. The maximum absolute atomic E-state index is 12.9. The summed E-state index contributed by atoms with van der Waals surface area (Å²) < 4.78 is 16.0. The lowest BCUT2D eigenvalue weighted by Gasteiger charge is -2.44. The summed E-state index contributed by atoms with van der Waals surface area (Å²) in [6.07, 6.45) is 0.442. The molecule has 2 aliphatic heterocycles. The van der Waals surface area contributed by atoms with Gasteiger partial charge < -0.3 is 19.1 Å². The van der Waals surface area contributed by atoms with Gasteiger partial charge in [0, 0.05) is 36.5 Å². The van der Waals surface area contributed by atoms with Gasteiger partial charge in [0.05, 0.1) is 23.6 Å². The molecule has 2 aromatic rings. The van der Waals surface area contributed by atoms with Crippen molar-refractivity contribution in [3.8, 4) is 11.5 Å². The number of amides is 1. The molecule has 1 fully saturated rings. The van der Waals surface area contributed by atoms with Crippen molar-refractivity contribution in [1.29, 1.82) is 0 Å². The molecule has 1 amide bonds. The number of halogens is 2. The van der Waals surface area contributed by atoms with Gasteiger partial charge >= 0.3 is 6.16 Å². The molecule has 0 bridgehead atoms. The number of ether oxygens (including phenoxy) is 3. The number of fused-ring (bicyclic) bond motifs is 1. The van der Waals surface area contributed by atoms with Crippen LogP contribution in [0.3, 0.4) is 0 Å². The molecule has 32 heavy (non-hydrogen) atoms. The number of nitrogens with zero attached hydrogens (tertiary/aromatic N) is 1. The van der Waals surface area contributed by atoms with Crippen LogP contribution < -0.4 is 9.47 Å². The minimum absolute atomic E-state index is 0.0624. The fourth-order valence-corrected chi connectivity index (χ4v) is 4.53. The van der Waals surface area contributed by atoms with Gasteiger partial charge in [0.15, 0.2) is 5.78 Å². The van der Waals surface area contributed by atoms with Crippen molar-refractivity contribution in [2.24, 2.45) is 0 Å². The molecule has 9 heteroatoms. The van der Waals surface area contributed by atoms with Gasteiger partial charge in [-0.3, -0.25) is 9.59 Å². The van der Waals surface area contributed by atoms with Crippen molar-refractivity contribution < 1.29 is 28.6 Å². The second-order valence-corrected chi connectivity index (χ2v) is 8.59. The van der Waals surface area contributed by atoms with Crippen LogP contribution in [0, 0.1) is 0 Å². The Morgan fingerprint density at radius 1 is 1.12 bits per heavy atom. The molecule has 0 saturated carbocycles. The SMILES string of the molecule is CCOC(=O)Oc1ccc(C(=O)N2CCC3(CC2)CC(=O)c2cc(Cl)cc(Cl)c2O3)cc1. The maximum Gasteiger partial charge on any atom is 0.513 e. The summed E-state index contributed by atoms with van der Waals surface area (Å²) in [4.78, 5) is 38.8. The molecule has 168 valence electrons. The lowest BCUT2D eigenvalue weighted by molar-refractivity contribution is -0.00565. The minimum Gasteiger partial charge on any atom is -0.484 e. The molecule has 0 N–H and O–H groups in total. The van der Waals surface area contributed by atoms with Crippen LogP contribution in [-0.4, -0.2) is 48.0 Å². The van der Waals surface area contributed by atoms with Crippen LogP contribution in [0.1, 0.15) is 46.9 Å². The van der Waals surface area contributed by atoms with Gasteiger partial charge in [0.25, 0.3) is 5.91 Å². The Morgan fingerprint density at radius 2 is 1.81 bits per heavy atom. The van der Waals surface area contributed by atoms with Gasteiger partial charge in [-0.15, -0.1) is 0 Å². The molecule has 0 atom stereocenters. The van der Waals surface area contributed by atoms with Gasteiger partial charge in [-0.1, -0.05) is 23.2 Å². The Kier molecular flexibility index (Phi) is 6.31. The first-order valence-corrected chi connectivity index (χ1v) is 11.0. The van der Waals surface area contributed by atoms with E-state index in [2.05, 4.69) is 0 Å². The highest BCUT2D eigenvalue weighted by molar-refractivity contribution is 6.36. The second-order valence-electron chi connectivity index (χ2n) is 7.75. The zero-order valence-electron chi connectivity index (χ0n) is 17.4. The van der Waals surface area contributed by atoms with Crippen LogP contribution in [0.5, 0.6) is 11.5 Å². The molecule has 7 nitrogen and oxygen atoms in total. The number of hydrogen-bond acceptors (Lipinski definition) is 6. The summed E-state index contributed by atoms with van der Waals surface area (Å²) in [6.45, 7) is 2.77. The van der Waals surface area contributed by atoms with Crippen molar-refractivity contribution in [2.75, 3.05) is 19.7 Å². The molecule has 2 aromatic carbocycles. The average molecular weight is 478 g/mol. The van der Waals surface area contributed by atoms with Gasteiger partial charge in [0.1, 0.15) is 17.1 Å². The van der Waals surface area contributed by atoms with Crippen molar-refractivity contribution in [2.45, 2.75) is 31.8 Å². The van der Waals surface area contributed by atoms with Crippen molar-refractivity contribution in [1.82, 2.24) is 4.90 Å². The number of hydrogen-bond donors (Lipinski definition) is 0. The zero-order valence-corrected chi connectivity index (χ0v) is 18.9. The number of ketones is 1. The molecule has 4 rings (SSSR count). The predicted molar refractivity (Wildman–Crippen MR) is 118 cm³/mol. The van der Waals surface area contributed by atoms with E-state index in [0.29, 0.717) is 58.6 Å². The van der Waals surface area contributed by atoms with E-state index in [1.807, 2.05) is 0 Å². The monoisotopic (exact) mass is 477 g/mol. The normalized spacial score (nSPS) is 16.8. The number of Topliss-reactive ketones (excluding diaryl/α,β-unsaturated/α-hetero) is 1. The predicted octanol–water partition coefficient (Wildman–Crippen LogP) is 5.17. The molecule has 2 aliphatic rings. The largest absolute Gasteiger partial charge is 0.513 e. The standard InChI is InChI=1S/C23H21Cl2NO6/c1-2-30-22(29)31-16-5-3-14(4-6-16)21(28)26-9-7-23(8-10-26)13-19(27)17-11-15(24)12-18(25)20(17)32-23/h3-6,11-12H,2,7-10,13H2,1H3. The van der Waals surface area contributed by atoms with Crippen LogP contribution in [0.15, 0.2) is 36.4 Å². The number of likely N-dealkylation sites (tertiary alicyclic amines) is 1. The van der Waals surface area contributed by atoms with Gasteiger partial charge in [-0.25, -0.2) is 4.79 Å². The molecule has 0 radical (unpaired) electrons. The van der Waals surface area contributed by atoms with E-state index in [4.69, 9.17) is 37.4 Å². The van der Waals surface area contributed by atoms with Crippen molar-refractivity contribution in [3.63, 3.8) is 0 Å². The molecule has 2 heterocycles. The number of rotatable bonds is 3. The smallest absolute Gasteiger partial charge is 0.484 e. The van der Waals surface area contributed by atoms with Crippen LogP contribution in [0.25, 0.3) is 0 Å². The quantitative estimate of drug-likeness (QED) is 0.447. The Balaban J connectivity index is 1.41. The van der Waals surface area contributed by atoms with Crippen molar-refractivity contribution in [3.05, 3.63) is 57.6 Å². The highest BCUT2D eigenvalue weighted by atomic mass is 35.5. The first-order valence-electron chi connectivity index (χ1n) is 10.3. The van der Waals surface area contributed by atoms with E-state index in [-0.39, 0.29) is 24.7 Å². The van der Waals surface area contributed by atoms with Crippen molar-refractivity contribution >= 4 is 41.0 Å². The minimum atomic E-state index is -0.793. The van der Waals surface area contributed by atoms with Crippen LogP contribution in [0.4, 0.5) is 4.79 Å². The van der Waals surface area contributed by atoms with Crippen LogP contribution in [0.2, 0.25) is 10.0 Å². The summed E-state index contributed by atoms with van der Waals surface area (Å²) in [5, 5.41) is 0.698. The summed E-state index contributed by atoms with van der Waals surface area (Å²) in [6, 6.07) is 9.42. The molecular weight excluding hydrogens is 457 g/mol. The Labute approximate surface area is 195 Å². The van der Waals surface area contributed by atoms with E-state index < -0.39 is 11.8 Å². The molecule has 0 aliphatic carbocycles. The fraction of sp³-hybridized carbons (Fsp3) is 0.348. The van der Waals surface area contributed by atoms with E-state index in [1.165, 1.54) is 0 Å². The Bertz CT molecular complexity index is 1060. The topological polar surface area (TPSA) is 82.1 Å². The maximum atomic E-state index is 12.9. The summed E-state index contributed by atoms with van der Waals surface area (Å²) >= 11 is 12.3. The number of carbonyl (C=O) groups is 3. The third kappa shape index (κ3) is 4.54. The van der Waals surface area contributed by atoms with Gasteiger partial charge in [-0.05, 0) is 43.3 Å².